The Morgan fingerprint density at radius 1 is 1.12 bits per heavy atom. The number of rotatable bonds is 4. The Bertz CT molecular complexity index is 482. The lowest BCUT2D eigenvalue weighted by molar-refractivity contribution is 0.273. The number of aromatic nitrogens is 1. The van der Waals surface area contributed by atoms with Crippen molar-refractivity contribution in [3.05, 3.63) is 53.3 Å². The first kappa shape index (κ1) is 11.9. The molecule has 0 saturated carbocycles. The summed E-state index contributed by atoms with van der Waals surface area (Å²) in [6.07, 6.45) is 4.17. The van der Waals surface area contributed by atoms with Crippen LogP contribution in [0.25, 0.3) is 5.69 Å². The van der Waals surface area contributed by atoms with Crippen molar-refractivity contribution in [2.45, 2.75) is 33.3 Å². The Labute approximate surface area is 103 Å². The number of aliphatic hydroxyl groups excluding tert-OH is 1. The molecule has 1 heterocycles. The van der Waals surface area contributed by atoms with E-state index in [4.69, 9.17) is 0 Å². The summed E-state index contributed by atoms with van der Waals surface area (Å²) in [7, 11) is 0. The molecule has 0 saturated heterocycles. The maximum Gasteiger partial charge on any atom is 0.0839 e. The van der Waals surface area contributed by atoms with Crippen molar-refractivity contribution in [3.8, 4) is 5.69 Å². The van der Waals surface area contributed by atoms with Gasteiger partial charge >= 0.3 is 0 Å². The van der Waals surface area contributed by atoms with Crippen molar-refractivity contribution in [1.82, 2.24) is 4.57 Å². The molecular weight excluding hydrogens is 210 g/mol. The summed E-state index contributed by atoms with van der Waals surface area (Å²) in [4.78, 5) is 0. The second-order valence-electron chi connectivity index (χ2n) is 4.40. The molecule has 2 heteroatoms. The lowest BCUT2D eigenvalue weighted by Gasteiger charge is -2.09. The monoisotopic (exact) mass is 229 g/mol. The first-order valence-electron chi connectivity index (χ1n) is 6.13. The summed E-state index contributed by atoms with van der Waals surface area (Å²) in [6, 6.07) is 10.5. The third kappa shape index (κ3) is 2.42. The van der Waals surface area contributed by atoms with Crippen LogP contribution in [0.2, 0.25) is 0 Å². The Balaban J connectivity index is 2.41. The van der Waals surface area contributed by atoms with Gasteiger partial charge in [-0.3, -0.25) is 0 Å². The van der Waals surface area contributed by atoms with E-state index in [1.165, 1.54) is 11.1 Å². The number of aliphatic hydroxyl groups is 1. The summed E-state index contributed by atoms with van der Waals surface area (Å²) in [5.41, 5.74) is 4.62. The Kier molecular flexibility index (Phi) is 3.64. The third-order valence-electron chi connectivity index (χ3n) is 3.07. The molecule has 2 aromatic rings. The van der Waals surface area contributed by atoms with Gasteiger partial charge in [0.1, 0.15) is 0 Å². The maximum atomic E-state index is 9.51. The SMILES string of the molecule is CCCc1ccn(-c2ccc(C)cc2)c1CO. The van der Waals surface area contributed by atoms with Gasteiger partial charge in [0.25, 0.3) is 0 Å². The second kappa shape index (κ2) is 5.19. The molecule has 2 nitrogen and oxygen atoms in total. The zero-order chi connectivity index (χ0) is 12.3. The predicted octanol–water partition coefficient (Wildman–Crippen LogP) is 3.23. The van der Waals surface area contributed by atoms with Gasteiger partial charge in [-0.1, -0.05) is 31.0 Å². The molecule has 1 aromatic heterocycles. The fraction of sp³-hybridized carbons (Fsp3) is 0.333. The molecule has 0 bridgehead atoms. The quantitative estimate of drug-likeness (QED) is 0.855. The van der Waals surface area contributed by atoms with Crippen molar-refractivity contribution < 1.29 is 5.11 Å². The summed E-state index contributed by atoms with van der Waals surface area (Å²) in [5, 5.41) is 9.51. The van der Waals surface area contributed by atoms with Crippen molar-refractivity contribution in [2.75, 3.05) is 0 Å². The first-order chi connectivity index (χ1) is 8.26. The highest BCUT2D eigenvalue weighted by atomic mass is 16.3. The molecule has 1 aromatic carbocycles. The van der Waals surface area contributed by atoms with Crippen molar-refractivity contribution in [3.63, 3.8) is 0 Å². The van der Waals surface area contributed by atoms with Crippen LogP contribution in [-0.2, 0) is 13.0 Å². The number of benzene rings is 1. The zero-order valence-electron chi connectivity index (χ0n) is 10.5. The van der Waals surface area contributed by atoms with Crippen LogP contribution >= 0.6 is 0 Å². The average molecular weight is 229 g/mol. The van der Waals surface area contributed by atoms with Crippen LogP contribution in [0.4, 0.5) is 0 Å². The predicted molar refractivity (Wildman–Crippen MR) is 70.4 cm³/mol. The Morgan fingerprint density at radius 2 is 1.82 bits per heavy atom. The fourth-order valence-corrected chi connectivity index (χ4v) is 2.13. The molecule has 0 aliphatic heterocycles. The van der Waals surface area contributed by atoms with E-state index in [1.54, 1.807) is 0 Å². The Morgan fingerprint density at radius 3 is 2.41 bits per heavy atom. The molecule has 0 fully saturated rings. The van der Waals surface area contributed by atoms with Crippen LogP contribution in [-0.4, -0.2) is 9.67 Å². The van der Waals surface area contributed by atoms with Crippen molar-refractivity contribution in [1.29, 1.82) is 0 Å². The summed E-state index contributed by atoms with van der Waals surface area (Å²) < 4.78 is 2.07. The minimum atomic E-state index is 0.0935. The standard InChI is InChI=1S/C15H19NO/c1-3-4-13-9-10-16(15(13)11-17)14-7-5-12(2)6-8-14/h5-10,17H,3-4,11H2,1-2H3. The largest absolute Gasteiger partial charge is 0.390 e. The van der Waals surface area contributed by atoms with E-state index >= 15 is 0 Å². The van der Waals surface area contributed by atoms with Crippen LogP contribution < -0.4 is 0 Å². The second-order valence-corrected chi connectivity index (χ2v) is 4.40. The van der Waals surface area contributed by atoms with Gasteiger partial charge in [-0.05, 0) is 37.1 Å². The van der Waals surface area contributed by atoms with Crippen LogP contribution in [0.1, 0.15) is 30.2 Å². The topological polar surface area (TPSA) is 25.2 Å². The van der Waals surface area contributed by atoms with Crippen LogP contribution in [0.5, 0.6) is 0 Å². The molecule has 0 aliphatic rings. The maximum absolute atomic E-state index is 9.51. The van der Waals surface area contributed by atoms with Gasteiger partial charge in [-0.25, -0.2) is 0 Å². The average Bonchev–Trinajstić information content (AvgIpc) is 2.73. The smallest absolute Gasteiger partial charge is 0.0839 e. The molecule has 0 amide bonds. The normalized spacial score (nSPS) is 10.8. The van der Waals surface area contributed by atoms with E-state index in [0.717, 1.165) is 24.2 Å². The molecule has 90 valence electrons. The highest BCUT2D eigenvalue weighted by Gasteiger charge is 2.08. The van der Waals surface area contributed by atoms with Crippen molar-refractivity contribution >= 4 is 0 Å². The molecule has 1 N–H and O–H groups in total. The summed E-state index contributed by atoms with van der Waals surface area (Å²) in [6.45, 7) is 4.33. The van der Waals surface area contributed by atoms with Crippen molar-refractivity contribution in [2.24, 2.45) is 0 Å². The van der Waals surface area contributed by atoms with E-state index in [9.17, 15) is 5.11 Å². The number of hydrogen-bond acceptors (Lipinski definition) is 1. The number of hydrogen-bond donors (Lipinski definition) is 1. The van der Waals surface area contributed by atoms with Gasteiger partial charge in [0, 0.05) is 11.9 Å². The molecule has 0 radical (unpaired) electrons. The van der Waals surface area contributed by atoms with Gasteiger partial charge in [0.15, 0.2) is 0 Å². The molecular formula is C15H19NO. The molecule has 0 unspecified atom stereocenters. The zero-order valence-corrected chi connectivity index (χ0v) is 10.5. The highest BCUT2D eigenvalue weighted by molar-refractivity contribution is 5.39. The fourth-order valence-electron chi connectivity index (χ4n) is 2.13. The van der Waals surface area contributed by atoms with Gasteiger partial charge in [-0.15, -0.1) is 0 Å². The van der Waals surface area contributed by atoms with E-state index in [2.05, 4.69) is 48.7 Å². The number of aryl methyl sites for hydroxylation is 2. The van der Waals surface area contributed by atoms with Crippen LogP contribution in [0.15, 0.2) is 36.5 Å². The molecule has 0 aliphatic carbocycles. The molecule has 17 heavy (non-hydrogen) atoms. The lowest BCUT2D eigenvalue weighted by atomic mass is 10.1. The highest BCUT2D eigenvalue weighted by Crippen LogP contribution is 2.19. The van der Waals surface area contributed by atoms with E-state index < -0.39 is 0 Å². The van der Waals surface area contributed by atoms with Gasteiger partial charge in [0.05, 0.1) is 12.3 Å². The van der Waals surface area contributed by atoms with Gasteiger partial charge in [0.2, 0.25) is 0 Å². The Hall–Kier alpha value is -1.54. The van der Waals surface area contributed by atoms with E-state index in [1.807, 2.05) is 6.20 Å². The van der Waals surface area contributed by atoms with Crippen LogP contribution in [0.3, 0.4) is 0 Å². The lowest BCUT2D eigenvalue weighted by Crippen LogP contribution is -2.01. The summed E-state index contributed by atoms with van der Waals surface area (Å²) >= 11 is 0. The van der Waals surface area contributed by atoms with E-state index in [-0.39, 0.29) is 6.61 Å². The molecule has 2 rings (SSSR count). The third-order valence-corrected chi connectivity index (χ3v) is 3.07. The first-order valence-corrected chi connectivity index (χ1v) is 6.13. The minimum absolute atomic E-state index is 0.0935. The van der Waals surface area contributed by atoms with Gasteiger partial charge in [-0.2, -0.15) is 0 Å². The minimum Gasteiger partial charge on any atom is -0.390 e. The molecule has 0 atom stereocenters. The van der Waals surface area contributed by atoms with E-state index in [0.29, 0.717) is 0 Å². The van der Waals surface area contributed by atoms with Gasteiger partial charge < -0.3 is 9.67 Å². The molecule has 0 spiro atoms. The van der Waals surface area contributed by atoms with Crippen LogP contribution in [0, 0.1) is 6.92 Å². The summed E-state index contributed by atoms with van der Waals surface area (Å²) in [5.74, 6) is 0. The number of nitrogens with zero attached hydrogens (tertiary/aromatic N) is 1.